The number of urea groups is 1. The maximum absolute atomic E-state index is 12.3. The molecule has 0 radical (unpaired) electrons. The summed E-state index contributed by atoms with van der Waals surface area (Å²) in [7, 11) is 1.66. The molecule has 0 aliphatic carbocycles. The normalized spacial score (nSPS) is 24.0. The molecule has 2 unspecified atom stereocenters. The number of hydrogen-bond donors (Lipinski definition) is 1. The van der Waals surface area contributed by atoms with E-state index in [0.717, 1.165) is 25.0 Å². The lowest BCUT2D eigenvalue weighted by atomic mass is 10.1. The van der Waals surface area contributed by atoms with Gasteiger partial charge in [0.2, 0.25) is 0 Å². The van der Waals surface area contributed by atoms with Crippen LogP contribution in [0.15, 0.2) is 24.3 Å². The van der Waals surface area contributed by atoms with Gasteiger partial charge in [-0.05, 0) is 37.0 Å². The Bertz CT molecular complexity index is 473. The average molecular weight is 290 g/mol. The van der Waals surface area contributed by atoms with Crippen molar-refractivity contribution in [2.45, 2.75) is 31.3 Å². The first-order valence-corrected chi connectivity index (χ1v) is 7.55. The maximum atomic E-state index is 12.3. The fraction of sp³-hybridized carbons (Fsp3) is 0.562. The number of benzene rings is 1. The summed E-state index contributed by atoms with van der Waals surface area (Å²) in [6, 6.07) is 8.54. The number of morpholine rings is 1. The lowest BCUT2D eigenvalue weighted by Gasteiger charge is -2.34. The smallest absolute Gasteiger partial charge is 0.318 e. The third-order valence-electron chi connectivity index (χ3n) is 4.32. The van der Waals surface area contributed by atoms with E-state index in [1.807, 2.05) is 29.2 Å². The molecular formula is C16H22N2O3. The van der Waals surface area contributed by atoms with E-state index in [1.54, 1.807) is 7.11 Å². The Balaban J connectivity index is 1.47. The van der Waals surface area contributed by atoms with Crippen LogP contribution in [0.1, 0.15) is 18.4 Å². The Hall–Kier alpha value is -1.75. The first kappa shape index (κ1) is 14.2. The van der Waals surface area contributed by atoms with E-state index in [9.17, 15) is 4.79 Å². The van der Waals surface area contributed by atoms with Crippen LogP contribution in [0.3, 0.4) is 0 Å². The number of rotatable bonds is 4. The van der Waals surface area contributed by atoms with Crippen LogP contribution in [0.25, 0.3) is 0 Å². The second-order valence-electron chi connectivity index (χ2n) is 5.66. The second kappa shape index (κ2) is 6.35. The summed E-state index contributed by atoms with van der Waals surface area (Å²) in [5, 5.41) is 3.03. The molecule has 2 heterocycles. The van der Waals surface area contributed by atoms with Gasteiger partial charge in [0.05, 0.1) is 32.4 Å². The third kappa shape index (κ3) is 3.13. The van der Waals surface area contributed by atoms with Gasteiger partial charge in [0.15, 0.2) is 0 Å². The zero-order chi connectivity index (χ0) is 14.7. The topological polar surface area (TPSA) is 50.8 Å². The predicted molar refractivity (Wildman–Crippen MR) is 79.6 cm³/mol. The van der Waals surface area contributed by atoms with Crippen LogP contribution in [0.4, 0.5) is 4.79 Å². The predicted octanol–water partition coefficient (Wildman–Crippen LogP) is 1.81. The minimum absolute atomic E-state index is 0.0549. The highest BCUT2D eigenvalue weighted by Crippen LogP contribution is 2.28. The number of carbonyl (C=O) groups excluding carboxylic acids is 1. The van der Waals surface area contributed by atoms with Crippen molar-refractivity contribution < 1.29 is 14.3 Å². The molecule has 5 nitrogen and oxygen atoms in total. The number of methoxy groups -OCH3 is 1. The zero-order valence-electron chi connectivity index (χ0n) is 12.4. The molecule has 2 aliphatic heterocycles. The minimum atomic E-state index is 0.0549. The number of nitrogens with zero attached hydrogens (tertiary/aromatic N) is 1. The fourth-order valence-electron chi connectivity index (χ4n) is 3.16. The van der Waals surface area contributed by atoms with Crippen LogP contribution in [-0.2, 0) is 11.2 Å². The Morgan fingerprint density at radius 2 is 1.95 bits per heavy atom. The van der Waals surface area contributed by atoms with Crippen LogP contribution in [0, 0.1) is 0 Å². The highest BCUT2D eigenvalue weighted by atomic mass is 16.5. The zero-order valence-corrected chi connectivity index (χ0v) is 12.4. The Kier molecular flexibility index (Phi) is 4.29. The minimum Gasteiger partial charge on any atom is -0.497 e. The van der Waals surface area contributed by atoms with E-state index >= 15 is 0 Å². The van der Waals surface area contributed by atoms with E-state index in [-0.39, 0.29) is 18.1 Å². The van der Waals surface area contributed by atoms with Crippen LogP contribution in [-0.4, -0.2) is 49.9 Å². The summed E-state index contributed by atoms with van der Waals surface area (Å²) >= 11 is 0. The van der Waals surface area contributed by atoms with Gasteiger partial charge in [-0.1, -0.05) is 12.1 Å². The van der Waals surface area contributed by atoms with Gasteiger partial charge >= 0.3 is 6.03 Å². The molecule has 3 rings (SSSR count). The van der Waals surface area contributed by atoms with Crippen molar-refractivity contribution in [1.82, 2.24) is 10.2 Å². The number of fused-ring (bicyclic) bond motifs is 2. The fourth-order valence-corrected chi connectivity index (χ4v) is 3.16. The molecule has 2 saturated heterocycles. The van der Waals surface area contributed by atoms with Gasteiger partial charge in [-0.25, -0.2) is 4.79 Å². The van der Waals surface area contributed by atoms with E-state index < -0.39 is 0 Å². The van der Waals surface area contributed by atoms with Crippen molar-refractivity contribution >= 4 is 6.03 Å². The van der Waals surface area contributed by atoms with E-state index in [2.05, 4.69) is 5.32 Å². The molecule has 2 fully saturated rings. The van der Waals surface area contributed by atoms with Gasteiger partial charge in [0.25, 0.3) is 0 Å². The first-order valence-electron chi connectivity index (χ1n) is 7.55. The highest BCUT2D eigenvalue weighted by Gasteiger charge is 2.40. The van der Waals surface area contributed by atoms with Crippen molar-refractivity contribution in [2.24, 2.45) is 0 Å². The molecule has 1 N–H and O–H groups in total. The first-order chi connectivity index (χ1) is 10.3. The molecular weight excluding hydrogens is 268 g/mol. The summed E-state index contributed by atoms with van der Waals surface area (Å²) in [6.45, 7) is 2.02. The molecule has 5 heteroatoms. The standard InChI is InChI=1S/C16H22N2O3/c1-20-15-6-2-12(3-7-15)8-9-17-16(19)18-13-4-5-14(18)11-21-10-13/h2-3,6-7,13-14H,4-5,8-11H2,1H3,(H,17,19). The highest BCUT2D eigenvalue weighted by molar-refractivity contribution is 5.75. The largest absolute Gasteiger partial charge is 0.497 e. The summed E-state index contributed by atoms with van der Waals surface area (Å²) in [5.74, 6) is 0.854. The molecule has 0 aromatic heterocycles. The monoisotopic (exact) mass is 290 g/mol. The molecule has 1 aromatic carbocycles. The van der Waals surface area contributed by atoms with Gasteiger partial charge in [0.1, 0.15) is 5.75 Å². The number of hydrogen-bond acceptors (Lipinski definition) is 3. The Morgan fingerprint density at radius 3 is 2.57 bits per heavy atom. The van der Waals surface area contributed by atoms with Crippen LogP contribution in [0.5, 0.6) is 5.75 Å². The van der Waals surface area contributed by atoms with E-state index in [1.165, 1.54) is 5.56 Å². The SMILES string of the molecule is COc1ccc(CCNC(=O)N2C3CCC2COC3)cc1. The molecule has 2 atom stereocenters. The van der Waals surface area contributed by atoms with Gasteiger partial charge in [0, 0.05) is 6.54 Å². The van der Waals surface area contributed by atoms with Crippen molar-refractivity contribution in [2.75, 3.05) is 26.9 Å². The van der Waals surface area contributed by atoms with Crippen LogP contribution >= 0.6 is 0 Å². The molecule has 2 bridgehead atoms. The lowest BCUT2D eigenvalue weighted by molar-refractivity contribution is 0.00645. The van der Waals surface area contributed by atoms with Crippen molar-refractivity contribution in [1.29, 1.82) is 0 Å². The quantitative estimate of drug-likeness (QED) is 0.920. The van der Waals surface area contributed by atoms with Gasteiger partial charge in [-0.3, -0.25) is 0 Å². The summed E-state index contributed by atoms with van der Waals surface area (Å²) in [6.07, 6.45) is 2.96. The molecule has 1 aromatic rings. The molecule has 2 aliphatic rings. The van der Waals surface area contributed by atoms with Crippen molar-refractivity contribution in [3.05, 3.63) is 29.8 Å². The molecule has 0 saturated carbocycles. The maximum Gasteiger partial charge on any atom is 0.318 e. The third-order valence-corrected chi connectivity index (χ3v) is 4.32. The lowest BCUT2D eigenvalue weighted by Crippen LogP contribution is -2.53. The van der Waals surface area contributed by atoms with Gasteiger partial charge in [-0.2, -0.15) is 0 Å². The average Bonchev–Trinajstić information content (AvgIpc) is 2.77. The van der Waals surface area contributed by atoms with Gasteiger partial charge < -0.3 is 19.7 Å². The number of carbonyl (C=O) groups is 1. The molecule has 114 valence electrons. The number of ether oxygens (including phenoxy) is 2. The molecule has 0 spiro atoms. The van der Waals surface area contributed by atoms with Gasteiger partial charge in [-0.15, -0.1) is 0 Å². The summed E-state index contributed by atoms with van der Waals surface area (Å²) in [5.41, 5.74) is 1.20. The Morgan fingerprint density at radius 1 is 1.29 bits per heavy atom. The van der Waals surface area contributed by atoms with Crippen molar-refractivity contribution in [3.8, 4) is 5.75 Å². The molecule has 2 amide bonds. The van der Waals surface area contributed by atoms with Crippen LogP contribution in [0.2, 0.25) is 0 Å². The Labute approximate surface area is 125 Å². The summed E-state index contributed by atoms with van der Waals surface area (Å²) in [4.78, 5) is 14.3. The number of nitrogens with one attached hydrogen (secondary N) is 1. The summed E-state index contributed by atoms with van der Waals surface area (Å²) < 4.78 is 10.6. The molecule has 21 heavy (non-hydrogen) atoms. The number of amides is 2. The van der Waals surface area contributed by atoms with Crippen LogP contribution < -0.4 is 10.1 Å². The second-order valence-corrected chi connectivity index (χ2v) is 5.66. The van der Waals surface area contributed by atoms with Crippen molar-refractivity contribution in [3.63, 3.8) is 0 Å². The van der Waals surface area contributed by atoms with E-state index in [0.29, 0.717) is 19.8 Å². The van der Waals surface area contributed by atoms with E-state index in [4.69, 9.17) is 9.47 Å².